The van der Waals surface area contributed by atoms with Crippen molar-refractivity contribution in [2.45, 2.75) is 0 Å². The molecule has 0 fully saturated rings. The number of hydrogen-bond acceptors (Lipinski definition) is 0. The first kappa shape index (κ1) is 9.65. The first-order chi connectivity index (χ1) is 2.00. The third-order valence-electron chi connectivity index (χ3n) is 0. The first-order valence-electron chi connectivity index (χ1n) is 0.873. The molecule has 0 aromatic heterocycles. The molecular weight excluding hydrogens is 190 g/mol. The zero-order chi connectivity index (χ0) is 4.50. The molecule has 0 nitrogen and oxygen atoms in total. The maximum atomic E-state index is 9.75. The first-order valence-corrected chi connectivity index (χ1v) is 0.873. The largest absolute Gasteiger partial charge is 1.00 e. The smallest absolute Gasteiger partial charge is 0.418 e. The van der Waals surface area contributed by atoms with Crippen molar-refractivity contribution >= 4 is 7.25 Å². The topological polar surface area (TPSA) is 0 Å². The Hall–Kier alpha value is 0.408. The molecule has 0 aliphatic carbocycles. The average Bonchev–Trinajstić information content (AvgIpc) is 0.722. The molecule has 0 radical (unpaired) electrons. The van der Waals surface area contributed by atoms with E-state index in [2.05, 4.69) is 0 Å². The van der Waals surface area contributed by atoms with Gasteiger partial charge >= 0.3 is 26.7 Å². The van der Waals surface area contributed by atoms with Crippen LogP contribution in [0.1, 0.15) is 0 Å². The average molecular weight is 190 g/mol. The summed E-state index contributed by atoms with van der Waals surface area (Å²) in [5.74, 6) is 0. The van der Waals surface area contributed by atoms with Gasteiger partial charge in [-0.15, -0.1) is 0 Å². The summed E-state index contributed by atoms with van der Waals surface area (Å²) in [6, 6.07) is 0. The normalized spacial score (nSPS) is 10.0. The van der Waals surface area contributed by atoms with Crippen molar-refractivity contribution in [2.75, 3.05) is 0 Å². The molecule has 0 saturated carbocycles. The molecule has 0 bridgehead atoms. The molecule has 0 atom stereocenters. The van der Waals surface area contributed by atoms with E-state index in [1.807, 2.05) is 0 Å². The van der Waals surface area contributed by atoms with Crippen molar-refractivity contribution in [2.24, 2.45) is 0 Å². The predicted octanol–water partition coefficient (Wildman–Crippen LogP) is 1.30. The van der Waals surface area contributed by atoms with E-state index in [9.17, 15) is 17.3 Å². The molecule has 0 aliphatic rings. The summed E-state index contributed by atoms with van der Waals surface area (Å²) in [4.78, 5) is 0. The minimum atomic E-state index is -6.00. The molecule has 0 saturated heterocycles. The van der Waals surface area contributed by atoms with E-state index in [1.54, 1.807) is 0 Å². The van der Waals surface area contributed by atoms with Gasteiger partial charge in [0.15, 0.2) is 0 Å². The van der Waals surface area contributed by atoms with E-state index in [1.165, 1.54) is 0 Å². The van der Waals surface area contributed by atoms with Crippen molar-refractivity contribution in [3.05, 3.63) is 0 Å². The van der Waals surface area contributed by atoms with Gasteiger partial charge in [-0.1, -0.05) is 0 Å². The van der Waals surface area contributed by atoms with Crippen LogP contribution in [0.25, 0.3) is 0 Å². The third-order valence-corrected chi connectivity index (χ3v) is 0. The Balaban J connectivity index is 0. The van der Waals surface area contributed by atoms with Crippen LogP contribution >= 0.6 is 0 Å². The van der Waals surface area contributed by atoms with Crippen molar-refractivity contribution in [1.29, 1.82) is 0 Å². The zero-order valence-corrected chi connectivity index (χ0v) is 4.06. The van der Waals surface area contributed by atoms with Crippen molar-refractivity contribution in [3.8, 4) is 0 Å². The number of halogens is 4. The van der Waals surface area contributed by atoms with Gasteiger partial charge in [-0.3, -0.25) is 0 Å². The van der Waals surface area contributed by atoms with Crippen molar-refractivity contribution in [3.63, 3.8) is 0 Å². The van der Waals surface area contributed by atoms with Crippen LogP contribution in [0.5, 0.6) is 0 Å². The standard InChI is InChI=1S/BF4.Rh/c2-1(3,4)5;/q-1;+1. The molecule has 40 valence electrons. The van der Waals surface area contributed by atoms with Gasteiger partial charge < -0.3 is 17.3 Å². The van der Waals surface area contributed by atoms with Crippen LogP contribution in [0.15, 0.2) is 0 Å². The van der Waals surface area contributed by atoms with Gasteiger partial charge in [-0.2, -0.15) is 0 Å². The van der Waals surface area contributed by atoms with Crippen LogP contribution in [0.4, 0.5) is 17.3 Å². The fraction of sp³-hybridized carbons (Fsp3) is 0. The SMILES string of the molecule is F[B-](F)(F)F.[Rh+]. The minimum Gasteiger partial charge on any atom is -0.418 e. The van der Waals surface area contributed by atoms with E-state index in [4.69, 9.17) is 0 Å². The Kier molecular flexibility index (Phi) is 4.11. The Labute approximate surface area is 44.8 Å². The predicted molar refractivity (Wildman–Crippen MR) is 10.2 cm³/mol. The van der Waals surface area contributed by atoms with E-state index in [0.29, 0.717) is 0 Å². The third kappa shape index (κ3) is 307. The van der Waals surface area contributed by atoms with Gasteiger partial charge in [-0.05, 0) is 0 Å². The summed E-state index contributed by atoms with van der Waals surface area (Å²) in [7, 11) is -6.00. The van der Waals surface area contributed by atoms with Gasteiger partial charge in [0.25, 0.3) is 0 Å². The van der Waals surface area contributed by atoms with Gasteiger partial charge in [0.2, 0.25) is 0 Å². The summed E-state index contributed by atoms with van der Waals surface area (Å²) in [6.07, 6.45) is 0. The zero-order valence-electron chi connectivity index (χ0n) is 2.42. The van der Waals surface area contributed by atoms with Gasteiger partial charge in [-0.25, -0.2) is 0 Å². The number of rotatable bonds is 0. The molecule has 0 amide bonds. The second-order valence-corrected chi connectivity index (χ2v) is 0.495. The molecule has 0 N–H and O–H groups in total. The Bertz CT molecular complexity index is 23.0. The summed E-state index contributed by atoms with van der Waals surface area (Å²) in [6.45, 7) is 0. The molecule has 0 aromatic rings. The second-order valence-electron chi connectivity index (χ2n) is 0.495. The fourth-order valence-corrected chi connectivity index (χ4v) is 0. The van der Waals surface area contributed by atoms with E-state index in [-0.39, 0.29) is 19.5 Å². The number of hydrogen-bond donors (Lipinski definition) is 0. The molecular formula is BF4Rh. The van der Waals surface area contributed by atoms with E-state index < -0.39 is 7.25 Å². The van der Waals surface area contributed by atoms with Crippen LogP contribution in [0.3, 0.4) is 0 Å². The molecule has 0 spiro atoms. The molecule has 0 unspecified atom stereocenters. The van der Waals surface area contributed by atoms with Crippen LogP contribution in [-0.4, -0.2) is 7.25 Å². The molecule has 6 heavy (non-hydrogen) atoms. The molecule has 0 aromatic carbocycles. The van der Waals surface area contributed by atoms with Crippen molar-refractivity contribution < 1.29 is 36.7 Å². The van der Waals surface area contributed by atoms with E-state index >= 15 is 0 Å². The van der Waals surface area contributed by atoms with Crippen LogP contribution in [-0.2, 0) is 19.5 Å². The Morgan fingerprint density at radius 2 is 0.833 bits per heavy atom. The summed E-state index contributed by atoms with van der Waals surface area (Å²) in [5.41, 5.74) is 0. The Morgan fingerprint density at radius 3 is 0.833 bits per heavy atom. The summed E-state index contributed by atoms with van der Waals surface area (Å²) >= 11 is 0. The fourth-order valence-electron chi connectivity index (χ4n) is 0. The Morgan fingerprint density at radius 1 is 0.833 bits per heavy atom. The molecule has 0 heterocycles. The van der Waals surface area contributed by atoms with E-state index in [0.717, 1.165) is 0 Å². The second kappa shape index (κ2) is 2.56. The maximum absolute atomic E-state index is 9.75. The van der Waals surface area contributed by atoms with Gasteiger partial charge in [0.1, 0.15) is 0 Å². The summed E-state index contributed by atoms with van der Waals surface area (Å²) < 4.78 is 39.0. The monoisotopic (exact) mass is 190 g/mol. The van der Waals surface area contributed by atoms with Gasteiger partial charge in [0.05, 0.1) is 0 Å². The van der Waals surface area contributed by atoms with Crippen LogP contribution in [0, 0.1) is 0 Å². The maximum Gasteiger partial charge on any atom is 1.00 e. The van der Waals surface area contributed by atoms with Gasteiger partial charge in [0, 0.05) is 0 Å². The summed E-state index contributed by atoms with van der Waals surface area (Å²) in [5, 5.41) is 0. The van der Waals surface area contributed by atoms with Crippen molar-refractivity contribution in [1.82, 2.24) is 0 Å². The minimum absolute atomic E-state index is 0. The molecule has 0 aliphatic heterocycles. The van der Waals surface area contributed by atoms with Crippen LogP contribution in [0.2, 0.25) is 0 Å². The molecule has 6 heteroatoms. The quantitative estimate of drug-likeness (QED) is 0.398. The molecule has 0 rings (SSSR count). The van der Waals surface area contributed by atoms with Crippen LogP contribution < -0.4 is 0 Å².